The van der Waals surface area contributed by atoms with Gasteiger partial charge in [0.1, 0.15) is 25.1 Å². The molecule has 1 amide bonds. The van der Waals surface area contributed by atoms with E-state index in [2.05, 4.69) is 16.0 Å². The lowest BCUT2D eigenvalue weighted by molar-refractivity contribution is -0.137. The number of pyridine rings is 1. The molecule has 1 aromatic carbocycles. The summed E-state index contributed by atoms with van der Waals surface area (Å²) in [6.45, 7) is 3.54. The molecule has 3 aliphatic heterocycles. The number of piperazine rings is 1. The van der Waals surface area contributed by atoms with Crippen LogP contribution in [0.4, 0.5) is 5.82 Å². The molecular formula is C24H27N5O5S. The van der Waals surface area contributed by atoms with Crippen molar-refractivity contribution in [2.75, 3.05) is 57.4 Å². The average molecular weight is 498 g/mol. The van der Waals surface area contributed by atoms with E-state index in [0.29, 0.717) is 56.5 Å². The summed E-state index contributed by atoms with van der Waals surface area (Å²) >= 11 is 0. The SMILES string of the molecule is N#Cc1ccc(N2CCC(C(=O)N3CCN(S(=O)(=O)c4ccc5c(c4)OCCO5)CC3)CC2)nc1. The van der Waals surface area contributed by atoms with E-state index in [0.717, 1.165) is 18.7 Å². The molecule has 0 radical (unpaired) electrons. The van der Waals surface area contributed by atoms with Gasteiger partial charge >= 0.3 is 0 Å². The van der Waals surface area contributed by atoms with E-state index in [1.165, 1.54) is 16.4 Å². The highest BCUT2D eigenvalue weighted by molar-refractivity contribution is 7.89. The number of carbonyl (C=O) groups is 1. The van der Waals surface area contributed by atoms with Crippen LogP contribution in [0.15, 0.2) is 41.4 Å². The summed E-state index contributed by atoms with van der Waals surface area (Å²) in [6, 6.07) is 10.3. The number of ether oxygens (including phenoxy) is 2. The molecule has 0 atom stereocenters. The summed E-state index contributed by atoms with van der Waals surface area (Å²) < 4.78 is 38.8. The quantitative estimate of drug-likeness (QED) is 0.624. The molecule has 5 rings (SSSR count). The first kappa shape index (κ1) is 23.4. The fraction of sp³-hybridized carbons (Fsp3) is 0.458. The highest BCUT2D eigenvalue weighted by Gasteiger charge is 2.34. The maximum absolute atomic E-state index is 13.2. The van der Waals surface area contributed by atoms with Gasteiger partial charge in [0.2, 0.25) is 15.9 Å². The van der Waals surface area contributed by atoms with Crippen LogP contribution in [0.25, 0.3) is 0 Å². The van der Waals surface area contributed by atoms with Crippen LogP contribution in [0.2, 0.25) is 0 Å². The summed E-state index contributed by atoms with van der Waals surface area (Å²) in [4.78, 5) is 21.6. The zero-order chi connectivity index (χ0) is 24.4. The molecule has 10 nitrogen and oxygen atoms in total. The van der Waals surface area contributed by atoms with Gasteiger partial charge in [-0.1, -0.05) is 0 Å². The molecule has 1 aromatic heterocycles. The predicted molar refractivity (Wildman–Crippen MR) is 127 cm³/mol. The third-order valence-corrected chi connectivity index (χ3v) is 8.64. The highest BCUT2D eigenvalue weighted by atomic mass is 32.2. The van der Waals surface area contributed by atoms with Gasteiger partial charge in [-0.3, -0.25) is 4.79 Å². The van der Waals surface area contributed by atoms with Gasteiger partial charge in [0.25, 0.3) is 0 Å². The highest BCUT2D eigenvalue weighted by Crippen LogP contribution is 2.33. The number of hydrogen-bond acceptors (Lipinski definition) is 8. The van der Waals surface area contributed by atoms with E-state index in [9.17, 15) is 13.2 Å². The molecule has 0 saturated carbocycles. The Bertz CT molecular complexity index is 1230. The Labute approximate surface area is 204 Å². The molecule has 2 fully saturated rings. The zero-order valence-corrected chi connectivity index (χ0v) is 20.1. The Morgan fingerprint density at radius 2 is 1.69 bits per heavy atom. The third kappa shape index (κ3) is 4.76. The minimum atomic E-state index is -3.69. The molecule has 2 aromatic rings. The summed E-state index contributed by atoms with van der Waals surface area (Å²) in [5.74, 6) is 1.81. The Kier molecular flexibility index (Phi) is 6.49. The topological polar surface area (TPSA) is 116 Å². The van der Waals surface area contributed by atoms with Crippen LogP contribution < -0.4 is 14.4 Å². The smallest absolute Gasteiger partial charge is 0.243 e. The van der Waals surface area contributed by atoms with E-state index in [1.54, 1.807) is 23.2 Å². The van der Waals surface area contributed by atoms with Gasteiger partial charge in [0.15, 0.2) is 11.5 Å². The number of aromatic nitrogens is 1. The number of amides is 1. The molecule has 0 N–H and O–H groups in total. The number of nitrogens with zero attached hydrogens (tertiary/aromatic N) is 5. The molecule has 11 heteroatoms. The monoisotopic (exact) mass is 497 g/mol. The van der Waals surface area contributed by atoms with Crippen molar-refractivity contribution < 1.29 is 22.7 Å². The second-order valence-electron chi connectivity index (χ2n) is 8.81. The van der Waals surface area contributed by atoms with E-state index < -0.39 is 10.0 Å². The van der Waals surface area contributed by atoms with E-state index in [4.69, 9.17) is 14.7 Å². The maximum Gasteiger partial charge on any atom is 0.243 e. The van der Waals surface area contributed by atoms with Gasteiger partial charge in [0.05, 0.1) is 10.5 Å². The summed E-state index contributed by atoms with van der Waals surface area (Å²) in [5.41, 5.74) is 0.522. The largest absolute Gasteiger partial charge is 0.486 e. The minimum Gasteiger partial charge on any atom is -0.486 e. The normalized spacial score (nSPS) is 19.3. The molecule has 35 heavy (non-hydrogen) atoms. The van der Waals surface area contributed by atoms with Crippen LogP contribution in [-0.4, -0.2) is 81.0 Å². The van der Waals surface area contributed by atoms with E-state index in [1.807, 2.05) is 6.07 Å². The lowest BCUT2D eigenvalue weighted by Crippen LogP contribution is -2.52. The van der Waals surface area contributed by atoms with Gasteiger partial charge in [-0.25, -0.2) is 13.4 Å². The standard InChI is InChI=1S/C24H27N5O5S/c25-16-18-1-4-23(26-17-18)27-7-5-19(6-8-27)24(30)28-9-11-29(12-10-28)35(31,32)20-2-3-21-22(15-20)34-14-13-33-21/h1-4,15,17,19H,5-14H2. The molecule has 0 spiro atoms. The third-order valence-electron chi connectivity index (χ3n) is 6.75. The molecular weight excluding hydrogens is 470 g/mol. The van der Waals surface area contributed by atoms with Crippen LogP contribution in [0.5, 0.6) is 11.5 Å². The number of nitriles is 1. The number of benzene rings is 1. The number of hydrogen-bond donors (Lipinski definition) is 0. The fourth-order valence-corrected chi connectivity index (χ4v) is 6.17. The second-order valence-corrected chi connectivity index (χ2v) is 10.8. The first-order valence-corrected chi connectivity index (χ1v) is 13.2. The second kappa shape index (κ2) is 9.71. The average Bonchev–Trinajstić information content (AvgIpc) is 2.92. The molecule has 4 heterocycles. The minimum absolute atomic E-state index is 0.0782. The number of anilines is 1. The molecule has 2 saturated heterocycles. The Morgan fingerprint density at radius 3 is 2.34 bits per heavy atom. The fourth-order valence-electron chi connectivity index (χ4n) is 4.74. The molecule has 184 valence electrons. The lowest BCUT2D eigenvalue weighted by Gasteiger charge is -2.38. The number of sulfonamides is 1. The number of fused-ring (bicyclic) bond motifs is 1. The summed E-state index contributed by atoms with van der Waals surface area (Å²) in [6.07, 6.45) is 3.00. The van der Waals surface area contributed by atoms with E-state index >= 15 is 0 Å². The number of piperidine rings is 1. The van der Waals surface area contributed by atoms with Crippen LogP contribution >= 0.6 is 0 Å². The van der Waals surface area contributed by atoms with Gasteiger partial charge in [0, 0.05) is 57.4 Å². The van der Waals surface area contributed by atoms with Crippen LogP contribution in [0, 0.1) is 17.2 Å². The zero-order valence-electron chi connectivity index (χ0n) is 19.3. The maximum atomic E-state index is 13.2. The predicted octanol–water partition coefficient (Wildman–Crippen LogP) is 1.47. The van der Waals surface area contributed by atoms with Crippen molar-refractivity contribution in [3.05, 3.63) is 42.1 Å². The van der Waals surface area contributed by atoms with Crippen LogP contribution in [0.1, 0.15) is 18.4 Å². The van der Waals surface area contributed by atoms with Crippen molar-refractivity contribution in [2.24, 2.45) is 5.92 Å². The molecule has 0 aliphatic carbocycles. The number of rotatable bonds is 4. The Morgan fingerprint density at radius 1 is 0.971 bits per heavy atom. The van der Waals surface area contributed by atoms with Crippen molar-refractivity contribution in [2.45, 2.75) is 17.7 Å². The van der Waals surface area contributed by atoms with Crippen molar-refractivity contribution in [1.29, 1.82) is 5.26 Å². The first-order valence-electron chi connectivity index (χ1n) is 11.8. The van der Waals surface area contributed by atoms with Crippen LogP contribution in [-0.2, 0) is 14.8 Å². The van der Waals surface area contributed by atoms with Crippen molar-refractivity contribution >= 4 is 21.7 Å². The van der Waals surface area contributed by atoms with E-state index in [-0.39, 0.29) is 29.8 Å². The van der Waals surface area contributed by atoms with Crippen molar-refractivity contribution in [3.63, 3.8) is 0 Å². The molecule has 3 aliphatic rings. The van der Waals surface area contributed by atoms with Crippen LogP contribution in [0.3, 0.4) is 0 Å². The van der Waals surface area contributed by atoms with Gasteiger partial charge in [-0.2, -0.15) is 9.57 Å². The molecule has 0 bridgehead atoms. The summed E-state index contributed by atoms with van der Waals surface area (Å²) in [5, 5.41) is 8.93. The van der Waals surface area contributed by atoms with Crippen molar-refractivity contribution in [1.82, 2.24) is 14.2 Å². The Balaban J connectivity index is 1.15. The Hall–Kier alpha value is -3.36. The van der Waals surface area contributed by atoms with Gasteiger partial charge < -0.3 is 19.3 Å². The lowest BCUT2D eigenvalue weighted by atomic mass is 9.95. The van der Waals surface area contributed by atoms with Gasteiger partial charge in [-0.15, -0.1) is 0 Å². The van der Waals surface area contributed by atoms with Crippen molar-refractivity contribution in [3.8, 4) is 17.6 Å². The molecule has 0 unspecified atom stereocenters. The summed E-state index contributed by atoms with van der Waals surface area (Å²) in [7, 11) is -3.69. The number of carbonyl (C=O) groups excluding carboxylic acids is 1. The first-order chi connectivity index (χ1) is 17.0. The van der Waals surface area contributed by atoms with Gasteiger partial charge in [-0.05, 0) is 37.1 Å².